The Kier molecular flexibility index (Phi) is 16.2. The van der Waals surface area contributed by atoms with Crippen molar-refractivity contribution in [3.63, 3.8) is 0 Å². The maximum Gasteiger partial charge on any atom is 0.408 e. The normalized spacial score (nSPS) is 15.9. The number of nitrogens with zero attached hydrogens (tertiary/aromatic N) is 1. The summed E-state index contributed by atoms with van der Waals surface area (Å²) in [6, 6.07) is 5.94. The van der Waals surface area contributed by atoms with E-state index in [1.807, 2.05) is 50.4 Å². The molecule has 6 N–H and O–H groups in total. The van der Waals surface area contributed by atoms with E-state index in [1.54, 1.807) is 20.8 Å². The van der Waals surface area contributed by atoms with Gasteiger partial charge < -0.3 is 31.3 Å². The number of benzene rings is 1. The largest absolute Gasteiger partial charge is 0.444 e. The van der Waals surface area contributed by atoms with Crippen LogP contribution in [0.3, 0.4) is 0 Å². The van der Waals surface area contributed by atoms with Crippen LogP contribution in [-0.4, -0.2) is 86.9 Å². The highest BCUT2D eigenvalue weighted by atomic mass is 32.2. The van der Waals surface area contributed by atoms with E-state index in [-0.39, 0.29) is 31.7 Å². The van der Waals surface area contributed by atoms with E-state index in [2.05, 4.69) is 10.6 Å². The van der Waals surface area contributed by atoms with Crippen molar-refractivity contribution < 1.29 is 34.1 Å². The second-order valence-electron chi connectivity index (χ2n) is 12.4. The van der Waals surface area contributed by atoms with Crippen molar-refractivity contribution in [3.05, 3.63) is 35.9 Å². The maximum absolute atomic E-state index is 14.2. The molecular formula is C31H52N4O7S. The minimum absolute atomic E-state index is 0.0197. The molecule has 0 bridgehead atoms. The Balaban J connectivity index is 3.38. The Bertz CT molecular complexity index is 1030. The molecule has 0 saturated carbocycles. The number of nitrogens with one attached hydrogen (secondary N) is 2. The molecule has 6 atom stereocenters. The van der Waals surface area contributed by atoms with Gasteiger partial charge in [-0.25, -0.2) is 4.79 Å². The topological polar surface area (TPSA) is 171 Å². The van der Waals surface area contributed by atoms with Crippen LogP contribution in [0.2, 0.25) is 0 Å². The van der Waals surface area contributed by atoms with E-state index in [1.165, 1.54) is 25.6 Å². The summed E-state index contributed by atoms with van der Waals surface area (Å²) in [5.74, 6) is -2.27. The van der Waals surface area contributed by atoms with Crippen molar-refractivity contribution in [1.29, 1.82) is 0 Å². The summed E-state index contributed by atoms with van der Waals surface area (Å²) in [5, 5.41) is 26.9. The molecular weight excluding hydrogens is 572 g/mol. The first-order chi connectivity index (χ1) is 20.0. The van der Waals surface area contributed by atoms with Crippen LogP contribution in [0.4, 0.5) is 4.79 Å². The molecule has 1 rings (SSSR count). The van der Waals surface area contributed by atoms with Gasteiger partial charge in [-0.15, -0.1) is 0 Å². The lowest BCUT2D eigenvalue weighted by atomic mass is 9.87. The van der Waals surface area contributed by atoms with E-state index >= 15 is 0 Å². The van der Waals surface area contributed by atoms with Gasteiger partial charge in [-0.05, 0) is 77.4 Å². The lowest BCUT2D eigenvalue weighted by Crippen LogP contribution is -2.58. The summed E-state index contributed by atoms with van der Waals surface area (Å²) in [7, 11) is 0. The quantitative estimate of drug-likeness (QED) is 0.185. The number of alkyl carbamates (subject to hydrolysis) is 1. The van der Waals surface area contributed by atoms with Crippen LogP contribution >= 0.6 is 11.8 Å². The number of aliphatic hydroxyl groups is 2. The van der Waals surface area contributed by atoms with E-state index in [9.17, 15) is 29.4 Å². The first-order valence-electron chi connectivity index (χ1n) is 14.8. The van der Waals surface area contributed by atoms with Crippen molar-refractivity contribution in [2.24, 2.45) is 17.6 Å². The minimum Gasteiger partial charge on any atom is -0.444 e. The first-order valence-corrected chi connectivity index (χ1v) is 16.2. The number of hydrogen-bond acceptors (Lipinski definition) is 9. The third kappa shape index (κ3) is 13.7. The molecule has 0 unspecified atom stereocenters. The molecule has 0 saturated heterocycles. The van der Waals surface area contributed by atoms with Gasteiger partial charge >= 0.3 is 6.09 Å². The van der Waals surface area contributed by atoms with Crippen molar-refractivity contribution in [2.45, 2.75) is 110 Å². The van der Waals surface area contributed by atoms with E-state index < -0.39 is 65.7 Å². The summed E-state index contributed by atoms with van der Waals surface area (Å²) in [6.07, 6.45) is -1.22. The Morgan fingerprint density at radius 2 is 1.60 bits per heavy atom. The highest BCUT2D eigenvalue weighted by Crippen LogP contribution is 2.25. The summed E-state index contributed by atoms with van der Waals surface area (Å²) in [5.41, 5.74) is 6.03. The third-order valence-electron chi connectivity index (χ3n) is 6.63. The molecule has 1 aromatic carbocycles. The van der Waals surface area contributed by atoms with Crippen LogP contribution in [-0.2, 0) is 25.7 Å². The smallest absolute Gasteiger partial charge is 0.408 e. The Labute approximate surface area is 260 Å². The second-order valence-corrected chi connectivity index (χ2v) is 13.4. The van der Waals surface area contributed by atoms with Crippen LogP contribution in [0.25, 0.3) is 0 Å². The Morgan fingerprint density at radius 1 is 1.00 bits per heavy atom. The minimum atomic E-state index is -1.37. The molecule has 12 heteroatoms. The van der Waals surface area contributed by atoms with Crippen molar-refractivity contribution in [3.8, 4) is 0 Å². The molecule has 0 aliphatic carbocycles. The number of carbonyl (C=O) groups excluding carboxylic acids is 4. The SMILES string of the molecule is CSCC[C@@H](C(=O)NCc1ccccc1)N(C(=O)[C@H](CC(C)C)C[C@@H](O)[C@@H](NC(=O)OC(C)(C)C)[C@@H](C)O)C(=O)[C@H](C)N. The van der Waals surface area contributed by atoms with Crippen LogP contribution in [0.15, 0.2) is 30.3 Å². The fourth-order valence-electron chi connectivity index (χ4n) is 4.63. The van der Waals surface area contributed by atoms with Crippen LogP contribution in [0.5, 0.6) is 0 Å². The molecule has 0 spiro atoms. The average Bonchev–Trinajstić information content (AvgIpc) is 2.90. The summed E-state index contributed by atoms with van der Waals surface area (Å²) in [4.78, 5) is 54.6. The van der Waals surface area contributed by atoms with Gasteiger partial charge in [0.2, 0.25) is 17.7 Å². The number of nitrogens with two attached hydrogens (primary N) is 1. The van der Waals surface area contributed by atoms with E-state index in [0.717, 1.165) is 10.5 Å². The molecule has 0 heterocycles. The van der Waals surface area contributed by atoms with Crippen molar-refractivity contribution >= 4 is 35.6 Å². The van der Waals surface area contributed by atoms with E-state index in [4.69, 9.17) is 10.5 Å². The standard InChI is InChI=1S/C31H52N4O7S/c1-19(2)16-23(17-25(37)26(21(4)36)34-30(41)42-31(5,6)7)29(40)35(28(39)20(3)32)24(14-15-43-8)27(38)33-18-22-12-10-9-11-13-22/h9-13,19-21,23-26,36-37H,14-18,32H2,1-8H3,(H,33,38)(H,34,41)/t20-,21+,23+,24-,25+,26-/m0/s1. The molecule has 244 valence electrons. The number of rotatable bonds is 16. The molecule has 4 amide bonds. The third-order valence-corrected chi connectivity index (χ3v) is 7.28. The molecule has 0 aliphatic rings. The van der Waals surface area contributed by atoms with Crippen LogP contribution in [0, 0.1) is 11.8 Å². The molecule has 0 aliphatic heterocycles. The molecule has 11 nitrogen and oxygen atoms in total. The molecule has 1 aromatic rings. The van der Waals surface area contributed by atoms with Gasteiger partial charge in [0, 0.05) is 12.5 Å². The number of amides is 4. The van der Waals surface area contributed by atoms with Gasteiger partial charge in [0.05, 0.1) is 24.3 Å². The molecule has 0 radical (unpaired) electrons. The maximum atomic E-state index is 14.2. The molecule has 0 fully saturated rings. The summed E-state index contributed by atoms with van der Waals surface area (Å²) >= 11 is 1.48. The predicted octanol–water partition coefficient (Wildman–Crippen LogP) is 2.81. The lowest BCUT2D eigenvalue weighted by molar-refractivity contribution is -0.156. The molecule has 43 heavy (non-hydrogen) atoms. The highest BCUT2D eigenvalue weighted by molar-refractivity contribution is 7.98. The fraction of sp³-hybridized carbons (Fsp3) is 0.677. The highest BCUT2D eigenvalue weighted by Gasteiger charge is 2.41. The molecule has 0 aromatic heterocycles. The number of hydrogen-bond donors (Lipinski definition) is 5. The Morgan fingerprint density at radius 3 is 2.09 bits per heavy atom. The summed E-state index contributed by atoms with van der Waals surface area (Å²) < 4.78 is 5.28. The second kappa shape index (κ2) is 18.2. The predicted molar refractivity (Wildman–Crippen MR) is 169 cm³/mol. The van der Waals surface area contributed by atoms with Crippen LogP contribution < -0.4 is 16.4 Å². The monoisotopic (exact) mass is 624 g/mol. The van der Waals surface area contributed by atoms with Crippen molar-refractivity contribution in [1.82, 2.24) is 15.5 Å². The number of imide groups is 1. The van der Waals surface area contributed by atoms with Crippen LogP contribution in [0.1, 0.15) is 73.3 Å². The number of carbonyl (C=O) groups is 4. The van der Waals surface area contributed by atoms with E-state index in [0.29, 0.717) is 5.75 Å². The first kappa shape index (κ1) is 38.4. The van der Waals surface area contributed by atoms with Gasteiger partial charge in [0.25, 0.3) is 0 Å². The summed E-state index contributed by atoms with van der Waals surface area (Å²) in [6.45, 7) is 11.9. The van der Waals surface area contributed by atoms with Gasteiger partial charge in [-0.3, -0.25) is 19.3 Å². The fourth-order valence-corrected chi connectivity index (χ4v) is 5.09. The zero-order valence-corrected chi connectivity index (χ0v) is 27.6. The van der Waals surface area contributed by atoms with Gasteiger partial charge in [0.1, 0.15) is 11.6 Å². The number of aliphatic hydroxyl groups excluding tert-OH is 2. The van der Waals surface area contributed by atoms with Gasteiger partial charge in [-0.1, -0.05) is 44.2 Å². The zero-order chi connectivity index (χ0) is 32.9. The zero-order valence-electron chi connectivity index (χ0n) is 26.8. The Hall–Kier alpha value is -2.67. The number of ether oxygens (including phenoxy) is 1. The lowest BCUT2D eigenvalue weighted by Gasteiger charge is -2.35. The number of thioether (sulfide) groups is 1. The average molecular weight is 625 g/mol. The van der Waals surface area contributed by atoms with Crippen molar-refractivity contribution in [2.75, 3.05) is 12.0 Å². The van der Waals surface area contributed by atoms with Gasteiger partial charge in [0.15, 0.2) is 0 Å². The van der Waals surface area contributed by atoms with Gasteiger partial charge in [-0.2, -0.15) is 11.8 Å².